The molecule has 106 valence electrons. The van der Waals surface area contributed by atoms with Gasteiger partial charge in [-0.05, 0) is 13.0 Å². The van der Waals surface area contributed by atoms with Gasteiger partial charge in [-0.2, -0.15) is 4.98 Å². The summed E-state index contributed by atoms with van der Waals surface area (Å²) in [5, 5.41) is 0.673. The second-order valence-corrected chi connectivity index (χ2v) is 4.70. The molecule has 5 nitrogen and oxygen atoms in total. The van der Waals surface area contributed by atoms with E-state index in [0.29, 0.717) is 35.6 Å². The van der Waals surface area contributed by atoms with Gasteiger partial charge in [-0.15, -0.1) is 0 Å². The SMILES string of the molecule is CCc1nc(NN)c(C)c(OCc2ccccc2Cl)n1. The third-order valence-electron chi connectivity index (χ3n) is 2.92. The molecule has 1 aromatic heterocycles. The van der Waals surface area contributed by atoms with E-state index in [1.807, 2.05) is 38.1 Å². The maximum atomic E-state index is 6.10. The molecule has 6 heteroatoms. The largest absolute Gasteiger partial charge is 0.472 e. The Balaban J connectivity index is 2.23. The lowest BCUT2D eigenvalue weighted by Gasteiger charge is -2.13. The van der Waals surface area contributed by atoms with Gasteiger partial charge in [-0.3, -0.25) is 0 Å². The average Bonchev–Trinajstić information content (AvgIpc) is 2.47. The molecule has 0 saturated carbocycles. The molecule has 2 aromatic rings. The van der Waals surface area contributed by atoms with E-state index in [0.717, 1.165) is 11.1 Å². The van der Waals surface area contributed by atoms with Crippen LogP contribution in [-0.2, 0) is 13.0 Å². The Morgan fingerprint density at radius 1 is 1.30 bits per heavy atom. The Labute approximate surface area is 123 Å². The van der Waals surface area contributed by atoms with Gasteiger partial charge in [0, 0.05) is 17.0 Å². The number of halogens is 1. The zero-order valence-corrected chi connectivity index (χ0v) is 12.2. The van der Waals surface area contributed by atoms with Gasteiger partial charge in [0.1, 0.15) is 18.2 Å². The van der Waals surface area contributed by atoms with Crippen LogP contribution in [0.5, 0.6) is 5.88 Å². The van der Waals surface area contributed by atoms with Gasteiger partial charge >= 0.3 is 0 Å². The third-order valence-corrected chi connectivity index (χ3v) is 3.29. The normalized spacial score (nSPS) is 10.4. The van der Waals surface area contributed by atoms with Crippen LogP contribution in [0.3, 0.4) is 0 Å². The second kappa shape index (κ2) is 6.54. The van der Waals surface area contributed by atoms with E-state index in [1.165, 1.54) is 0 Å². The zero-order valence-electron chi connectivity index (χ0n) is 11.5. The minimum absolute atomic E-state index is 0.352. The number of hydrazine groups is 1. The lowest BCUT2D eigenvalue weighted by atomic mass is 10.2. The summed E-state index contributed by atoms with van der Waals surface area (Å²) in [4.78, 5) is 8.66. The highest BCUT2D eigenvalue weighted by atomic mass is 35.5. The molecule has 0 saturated heterocycles. The predicted molar refractivity (Wildman–Crippen MR) is 79.7 cm³/mol. The first-order valence-electron chi connectivity index (χ1n) is 6.36. The molecule has 0 aliphatic rings. The van der Waals surface area contributed by atoms with E-state index in [2.05, 4.69) is 15.4 Å². The molecule has 0 radical (unpaired) electrons. The number of nitrogens with zero attached hydrogens (tertiary/aromatic N) is 2. The standard InChI is InChI=1S/C14H17ClN4O/c1-3-12-17-13(19-16)9(2)14(18-12)20-8-10-6-4-5-7-11(10)15/h4-7H,3,8,16H2,1-2H3,(H,17,18,19). The molecule has 0 unspecified atom stereocenters. The van der Waals surface area contributed by atoms with Crippen LogP contribution in [-0.4, -0.2) is 9.97 Å². The van der Waals surface area contributed by atoms with Crippen molar-refractivity contribution in [3.05, 3.63) is 46.2 Å². The maximum Gasteiger partial charge on any atom is 0.222 e. The predicted octanol–water partition coefficient (Wildman–Crippen LogP) is 2.87. The van der Waals surface area contributed by atoms with Crippen LogP contribution in [0.15, 0.2) is 24.3 Å². The molecule has 0 fully saturated rings. The smallest absolute Gasteiger partial charge is 0.222 e. The summed E-state index contributed by atoms with van der Waals surface area (Å²) >= 11 is 6.10. The van der Waals surface area contributed by atoms with Crippen molar-refractivity contribution in [2.75, 3.05) is 5.43 Å². The molecule has 1 aromatic carbocycles. The molecule has 0 aliphatic heterocycles. The number of nitrogens with two attached hydrogens (primary N) is 1. The van der Waals surface area contributed by atoms with E-state index in [4.69, 9.17) is 22.2 Å². The highest BCUT2D eigenvalue weighted by Crippen LogP contribution is 2.24. The van der Waals surface area contributed by atoms with Crippen molar-refractivity contribution in [2.45, 2.75) is 26.9 Å². The molecule has 0 aliphatic carbocycles. The number of nitrogen functional groups attached to an aromatic ring is 1. The first-order valence-corrected chi connectivity index (χ1v) is 6.73. The van der Waals surface area contributed by atoms with Crippen molar-refractivity contribution >= 4 is 17.4 Å². The maximum absolute atomic E-state index is 6.10. The molecule has 20 heavy (non-hydrogen) atoms. The molecule has 3 N–H and O–H groups in total. The number of aromatic nitrogens is 2. The highest BCUT2D eigenvalue weighted by Gasteiger charge is 2.11. The number of rotatable bonds is 5. The fourth-order valence-corrected chi connectivity index (χ4v) is 1.93. The quantitative estimate of drug-likeness (QED) is 0.655. The Hall–Kier alpha value is -1.85. The first-order chi connectivity index (χ1) is 9.65. The summed E-state index contributed by atoms with van der Waals surface area (Å²) in [5.41, 5.74) is 4.25. The monoisotopic (exact) mass is 292 g/mol. The van der Waals surface area contributed by atoms with Crippen molar-refractivity contribution in [1.29, 1.82) is 0 Å². The summed E-state index contributed by atoms with van der Waals surface area (Å²) in [6.45, 7) is 4.18. The van der Waals surface area contributed by atoms with Gasteiger partial charge in [-0.1, -0.05) is 36.7 Å². The molecule has 0 spiro atoms. The van der Waals surface area contributed by atoms with Gasteiger partial charge in [-0.25, -0.2) is 10.8 Å². The zero-order chi connectivity index (χ0) is 14.5. The van der Waals surface area contributed by atoms with Crippen molar-refractivity contribution in [2.24, 2.45) is 5.84 Å². The fourth-order valence-electron chi connectivity index (χ4n) is 1.74. The van der Waals surface area contributed by atoms with E-state index >= 15 is 0 Å². The van der Waals surface area contributed by atoms with Crippen LogP contribution in [0.1, 0.15) is 23.9 Å². The van der Waals surface area contributed by atoms with Crippen LogP contribution in [0, 0.1) is 6.92 Å². The summed E-state index contributed by atoms with van der Waals surface area (Å²) in [6, 6.07) is 7.55. The summed E-state index contributed by atoms with van der Waals surface area (Å²) in [5.74, 6) is 7.23. The minimum Gasteiger partial charge on any atom is -0.472 e. The molecule has 0 atom stereocenters. The lowest BCUT2D eigenvalue weighted by Crippen LogP contribution is -2.13. The van der Waals surface area contributed by atoms with Crippen molar-refractivity contribution < 1.29 is 4.74 Å². The minimum atomic E-state index is 0.352. The molecule has 2 rings (SSSR count). The van der Waals surface area contributed by atoms with Crippen molar-refractivity contribution in [1.82, 2.24) is 9.97 Å². The van der Waals surface area contributed by atoms with Crippen LogP contribution in [0.4, 0.5) is 5.82 Å². The molecule has 0 amide bonds. The van der Waals surface area contributed by atoms with Crippen LogP contribution in [0.25, 0.3) is 0 Å². The average molecular weight is 293 g/mol. The van der Waals surface area contributed by atoms with Crippen LogP contribution in [0.2, 0.25) is 5.02 Å². The van der Waals surface area contributed by atoms with Crippen molar-refractivity contribution in [3.63, 3.8) is 0 Å². The van der Waals surface area contributed by atoms with E-state index < -0.39 is 0 Å². The van der Waals surface area contributed by atoms with Crippen molar-refractivity contribution in [3.8, 4) is 5.88 Å². The Morgan fingerprint density at radius 2 is 2.05 bits per heavy atom. The number of anilines is 1. The summed E-state index contributed by atoms with van der Waals surface area (Å²) < 4.78 is 5.76. The van der Waals surface area contributed by atoms with Crippen LogP contribution < -0.4 is 16.0 Å². The third kappa shape index (κ3) is 3.18. The Morgan fingerprint density at radius 3 is 2.70 bits per heavy atom. The number of hydrogen-bond donors (Lipinski definition) is 2. The Kier molecular flexibility index (Phi) is 4.76. The number of aryl methyl sites for hydroxylation is 1. The number of benzene rings is 1. The van der Waals surface area contributed by atoms with Gasteiger partial charge in [0.05, 0.1) is 5.56 Å². The van der Waals surface area contributed by atoms with Gasteiger partial charge in [0.25, 0.3) is 0 Å². The fraction of sp³-hybridized carbons (Fsp3) is 0.286. The number of nitrogens with one attached hydrogen (secondary N) is 1. The topological polar surface area (TPSA) is 73.1 Å². The summed E-state index contributed by atoms with van der Waals surface area (Å²) in [7, 11) is 0. The molecular formula is C14H17ClN4O. The highest BCUT2D eigenvalue weighted by molar-refractivity contribution is 6.31. The molecular weight excluding hydrogens is 276 g/mol. The summed E-state index contributed by atoms with van der Waals surface area (Å²) in [6.07, 6.45) is 0.706. The Bertz CT molecular complexity index is 604. The molecule has 1 heterocycles. The van der Waals surface area contributed by atoms with Gasteiger partial charge in [0.15, 0.2) is 0 Å². The lowest BCUT2D eigenvalue weighted by molar-refractivity contribution is 0.290. The first kappa shape index (κ1) is 14.6. The van der Waals surface area contributed by atoms with Gasteiger partial charge in [0.2, 0.25) is 5.88 Å². The number of hydrogen-bond acceptors (Lipinski definition) is 5. The van der Waals surface area contributed by atoms with E-state index in [9.17, 15) is 0 Å². The molecule has 0 bridgehead atoms. The number of ether oxygens (including phenoxy) is 1. The van der Waals surface area contributed by atoms with Crippen LogP contribution >= 0.6 is 11.6 Å². The van der Waals surface area contributed by atoms with Gasteiger partial charge < -0.3 is 10.2 Å². The van der Waals surface area contributed by atoms with E-state index in [-0.39, 0.29) is 0 Å². The van der Waals surface area contributed by atoms with E-state index in [1.54, 1.807) is 0 Å². The second-order valence-electron chi connectivity index (χ2n) is 4.30.